The highest BCUT2D eigenvalue weighted by atomic mass is 35.5. The predicted octanol–water partition coefficient (Wildman–Crippen LogP) is 0.734. The fourth-order valence-corrected chi connectivity index (χ4v) is 0.710. The van der Waals surface area contributed by atoms with Crippen LogP contribution in [0.25, 0.3) is 0 Å². The van der Waals surface area contributed by atoms with Crippen LogP contribution in [-0.4, -0.2) is 10.2 Å². The van der Waals surface area contributed by atoms with E-state index in [1.54, 1.807) is 12.4 Å². The van der Waals surface area contributed by atoms with Gasteiger partial charge in [0.25, 0.3) is 0 Å². The van der Waals surface area contributed by atoms with E-state index in [1.165, 1.54) is 0 Å². The molecule has 6 heteroatoms. The van der Waals surface area contributed by atoms with Crippen LogP contribution < -0.4 is 11.5 Å². The SMILES string of the molecule is CCC(N)(N)c1cn[nH]c1.Cl.Cl. The molecule has 4 nitrogen and oxygen atoms in total. The minimum absolute atomic E-state index is 0. The number of halogens is 2. The van der Waals surface area contributed by atoms with Gasteiger partial charge in [-0.05, 0) is 6.42 Å². The Morgan fingerprint density at radius 1 is 1.50 bits per heavy atom. The van der Waals surface area contributed by atoms with Gasteiger partial charge < -0.3 is 11.5 Å². The topological polar surface area (TPSA) is 80.7 Å². The van der Waals surface area contributed by atoms with Gasteiger partial charge in [0.05, 0.1) is 11.9 Å². The van der Waals surface area contributed by atoms with Crippen LogP contribution in [-0.2, 0) is 5.66 Å². The molecular formula is C6H14Cl2N4. The Balaban J connectivity index is 0. The molecule has 1 rings (SSSR count). The van der Waals surface area contributed by atoms with Crippen molar-refractivity contribution in [2.75, 3.05) is 0 Å². The minimum atomic E-state index is -0.729. The monoisotopic (exact) mass is 212 g/mol. The summed E-state index contributed by atoms with van der Waals surface area (Å²) >= 11 is 0. The van der Waals surface area contributed by atoms with Crippen molar-refractivity contribution in [2.45, 2.75) is 19.0 Å². The second-order valence-electron chi connectivity index (χ2n) is 2.38. The van der Waals surface area contributed by atoms with E-state index in [0.717, 1.165) is 5.56 Å². The average Bonchev–Trinajstić information content (AvgIpc) is 2.38. The first-order chi connectivity index (χ1) is 4.67. The van der Waals surface area contributed by atoms with Gasteiger partial charge in [-0.1, -0.05) is 6.92 Å². The van der Waals surface area contributed by atoms with E-state index in [9.17, 15) is 0 Å². The van der Waals surface area contributed by atoms with Crippen molar-refractivity contribution in [3.05, 3.63) is 18.0 Å². The summed E-state index contributed by atoms with van der Waals surface area (Å²) in [7, 11) is 0. The zero-order valence-electron chi connectivity index (χ0n) is 6.78. The molecule has 0 amide bonds. The van der Waals surface area contributed by atoms with Crippen LogP contribution in [0.2, 0.25) is 0 Å². The van der Waals surface area contributed by atoms with E-state index in [0.29, 0.717) is 6.42 Å². The van der Waals surface area contributed by atoms with Crippen LogP contribution in [0.1, 0.15) is 18.9 Å². The normalized spacial score (nSPS) is 9.92. The average molecular weight is 213 g/mol. The first kappa shape index (κ1) is 14.2. The molecule has 12 heavy (non-hydrogen) atoms. The van der Waals surface area contributed by atoms with Crippen molar-refractivity contribution in [2.24, 2.45) is 11.5 Å². The molecule has 0 fully saturated rings. The Morgan fingerprint density at radius 3 is 2.42 bits per heavy atom. The lowest BCUT2D eigenvalue weighted by Crippen LogP contribution is -2.44. The molecule has 0 radical (unpaired) electrons. The Labute approximate surface area is 83.9 Å². The van der Waals surface area contributed by atoms with Gasteiger partial charge in [-0.15, -0.1) is 24.8 Å². The van der Waals surface area contributed by atoms with E-state index in [2.05, 4.69) is 10.2 Å². The minimum Gasteiger partial charge on any atom is -0.310 e. The molecule has 1 aromatic rings. The van der Waals surface area contributed by atoms with Crippen molar-refractivity contribution >= 4 is 24.8 Å². The summed E-state index contributed by atoms with van der Waals surface area (Å²) < 4.78 is 0. The first-order valence-corrected chi connectivity index (χ1v) is 3.24. The molecule has 0 saturated heterocycles. The zero-order valence-corrected chi connectivity index (χ0v) is 8.41. The lowest BCUT2D eigenvalue weighted by atomic mass is 10.0. The number of rotatable bonds is 2. The van der Waals surface area contributed by atoms with Gasteiger partial charge >= 0.3 is 0 Å². The number of aromatic nitrogens is 2. The summed E-state index contributed by atoms with van der Waals surface area (Å²) in [5, 5.41) is 6.41. The van der Waals surface area contributed by atoms with Gasteiger partial charge in [-0.3, -0.25) is 5.10 Å². The van der Waals surface area contributed by atoms with Crippen molar-refractivity contribution < 1.29 is 0 Å². The zero-order chi connectivity index (χ0) is 7.61. The second kappa shape index (κ2) is 5.37. The van der Waals surface area contributed by atoms with E-state index >= 15 is 0 Å². The van der Waals surface area contributed by atoms with Crippen molar-refractivity contribution in [3.63, 3.8) is 0 Å². The lowest BCUT2D eigenvalue weighted by Gasteiger charge is -2.20. The van der Waals surface area contributed by atoms with E-state index < -0.39 is 5.66 Å². The predicted molar refractivity (Wildman–Crippen MR) is 53.4 cm³/mol. The van der Waals surface area contributed by atoms with Gasteiger partial charge in [0.2, 0.25) is 0 Å². The Hall–Kier alpha value is -0.290. The lowest BCUT2D eigenvalue weighted by molar-refractivity contribution is 0.448. The molecule has 0 bridgehead atoms. The number of aromatic amines is 1. The highest BCUT2D eigenvalue weighted by Gasteiger charge is 2.19. The molecular weight excluding hydrogens is 199 g/mol. The third-order valence-electron chi connectivity index (χ3n) is 1.62. The molecule has 0 aliphatic heterocycles. The number of H-pyrrole nitrogens is 1. The number of nitrogens with two attached hydrogens (primary N) is 2. The van der Waals surface area contributed by atoms with E-state index in [1.807, 2.05) is 6.92 Å². The van der Waals surface area contributed by atoms with E-state index in [-0.39, 0.29) is 24.8 Å². The molecule has 1 aromatic heterocycles. The molecule has 0 unspecified atom stereocenters. The Bertz CT molecular complexity index is 197. The van der Waals surface area contributed by atoms with Crippen LogP contribution in [0.5, 0.6) is 0 Å². The van der Waals surface area contributed by atoms with Gasteiger partial charge in [0, 0.05) is 11.8 Å². The summed E-state index contributed by atoms with van der Waals surface area (Å²) in [6.07, 6.45) is 4.06. The van der Waals surface area contributed by atoms with Crippen molar-refractivity contribution in [1.29, 1.82) is 0 Å². The van der Waals surface area contributed by atoms with E-state index in [4.69, 9.17) is 11.5 Å². The molecule has 5 N–H and O–H groups in total. The molecule has 72 valence electrons. The van der Waals surface area contributed by atoms with Crippen LogP contribution in [0.15, 0.2) is 12.4 Å². The number of nitrogens with one attached hydrogen (secondary N) is 1. The fraction of sp³-hybridized carbons (Fsp3) is 0.500. The van der Waals surface area contributed by atoms with Crippen molar-refractivity contribution in [3.8, 4) is 0 Å². The second-order valence-corrected chi connectivity index (χ2v) is 2.38. The summed E-state index contributed by atoms with van der Waals surface area (Å²) in [4.78, 5) is 0. The molecule has 0 spiro atoms. The molecule has 0 aliphatic carbocycles. The van der Waals surface area contributed by atoms with Crippen LogP contribution >= 0.6 is 24.8 Å². The van der Waals surface area contributed by atoms with Gasteiger partial charge in [0.15, 0.2) is 0 Å². The summed E-state index contributed by atoms with van der Waals surface area (Å²) in [6.45, 7) is 1.94. The maximum atomic E-state index is 5.70. The van der Waals surface area contributed by atoms with Crippen molar-refractivity contribution in [1.82, 2.24) is 10.2 Å². The van der Waals surface area contributed by atoms with Gasteiger partial charge in [0.1, 0.15) is 0 Å². The van der Waals surface area contributed by atoms with Crippen LogP contribution in [0.3, 0.4) is 0 Å². The summed E-state index contributed by atoms with van der Waals surface area (Å²) in [5.74, 6) is 0. The van der Waals surface area contributed by atoms with Gasteiger partial charge in [-0.25, -0.2) is 0 Å². The Morgan fingerprint density at radius 2 is 2.08 bits per heavy atom. The number of hydrogen-bond donors (Lipinski definition) is 3. The quantitative estimate of drug-likeness (QED) is 0.633. The number of hydrogen-bond acceptors (Lipinski definition) is 3. The first-order valence-electron chi connectivity index (χ1n) is 3.24. The highest BCUT2D eigenvalue weighted by Crippen LogP contribution is 2.12. The third kappa shape index (κ3) is 2.98. The maximum absolute atomic E-state index is 5.70. The molecule has 0 aliphatic rings. The highest BCUT2D eigenvalue weighted by molar-refractivity contribution is 5.85. The summed E-state index contributed by atoms with van der Waals surface area (Å²) in [6, 6.07) is 0. The van der Waals surface area contributed by atoms with Crippen LogP contribution in [0.4, 0.5) is 0 Å². The third-order valence-corrected chi connectivity index (χ3v) is 1.62. The van der Waals surface area contributed by atoms with Gasteiger partial charge in [-0.2, -0.15) is 5.10 Å². The fourth-order valence-electron chi connectivity index (χ4n) is 0.710. The Kier molecular flexibility index (Phi) is 6.38. The summed E-state index contributed by atoms with van der Waals surface area (Å²) in [5.41, 5.74) is 11.5. The smallest absolute Gasteiger partial charge is 0.0927 e. The molecule has 0 aromatic carbocycles. The maximum Gasteiger partial charge on any atom is 0.0927 e. The molecule has 0 saturated carbocycles. The molecule has 1 heterocycles. The largest absolute Gasteiger partial charge is 0.310 e. The van der Waals surface area contributed by atoms with Crippen LogP contribution in [0, 0.1) is 0 Å². The molecule has 0 atom stereocenters. The standard InChI is InChI=1S/C6H12N4.2ClH/c1-2-6(7,8)5-3-9-10-4-5;;/h3-4H,2,7-8H2,1H3,(H,9,10);2*1H. The number of nitrogens with zero attached hydrogens (tertiary/aromatic N) is 1.